The third-order valence-corrected chi connectivity index (χ3v) is 3.43. The molecular formula is C19H20N4O4. The van der Waals surface area contributed by atoms with E-state index in [0.717, 1.165) is 11.6 Å². The number of benzene rings is 1. The molecule has 0 aliphatic carbocycles. The average Bonchev–Trinajstić information content (AvgIpc) is 3.11. The molecule has 27 heavy (non-hydrogen) atoms. The fraction of sp³-hybridized carbons (Fsp3) is 0.263. The molecule has 0 saturated carbocycles. The van der Waals surface area contributed by atoms with Gasteiger partial charge in [-0.15, -0.1) is 4.68 Å². The van der Waals surface area contributed by atoms with Crippen molar-refractivity contribution < 1.29 is 23.6 Å². The van der Waals surface area contributed by atoms with Crippen molar-refractivity contribution in [2.24, 2.45) is 0 Å². The van der Waals surface area contributed by atoms with E-state index >= 15 is 0 Å². The summed E-state index contributed by atoms with van der Waals surface area (Å²) in [7, 11) is 0. The van der Waals surface area contributed by atoms with Crippen molar-refractivity contribution in [1.82, 2.24) is 9.78 Å². The number of rotatable bonds is 8. The molecule has 0 N–H and O–H groups in total. The minimum Gasteiger partial charge on any atom is -0.763 e. The zero-order valence-electron chi connectivity index (χ0n) is 15.2. The van der Waals surface area contributed by atoms with Crippen LogP contribution in [0.4, 0.5) is 0 Å². The highest BCUT2D eigenvalue weighted by Gasteiger charge is 2.21. The maximum absolute atomic E-state index is 12.3. The van der Waals surface area contributed by atoms with Crippen LogP contribution in [0.1, 0.15) is 19.4 Å². The average molecular weight is 368 g/mol. The lowest BCUT2D eigenvalue weighted by atomic mass is 10.2. The summed E-state index contributed by atoms with van der Waals surface area (Å²) in [5, 5.41) is 13.4. The molecule has 8 heteroatoms. The molecule has 0 atom stereocenters. The summed E-state index contributed by atoms with van der Waals surface area (Å²) in [6.07, 6.45) is 4.13. The first-order valence-electron chi connectivity index (χ1n) is 8.40. The molecule has 0 unspecified atom stereocenters. The third-order valence-electron chi connectivity index (χ3n) is 3.43. The van der Waals surface area contributed by atoms with E-state index in [1.165, 1.54) is 10.9 Å². The Kier molecular flexibility index (Phi) is 7.22. The number of esters is 2. The van der Waals surface area contributed by atoms with Gasteiger partial charge in [0.05, 0.1) is 18.8 Å². The van der Waals surface area contributed by atoms with Crippen molar-refractivity contribution >= 4 is 23.5 Å². The van der Waals surface area contributed by atoms with Crippen molar-refractivity contribution in [2.75, 3.05) is 13.2 Å². The molecule has 1 heterocycles. The van der Waals surface area contributed by atoms with Gasteiger partial charge in [0.2, 0.25) is 6.33 Å². The van der Waals surface area contributed by atoms with Crippen molar-refractivity contribution in [2.45, 2.75) is 20.4 Å². The number of hydrogen-bond donors (Lipinski definition) is 0. The van der Waals surface area contributed by atoms with Gasteiger partial charge in [-0.2, -0.15) is 4.57 Å². The molecule has 2 rings (SSSR count). The number of aromatic nitrogens is 3. The molecule has 8 nitrogen and oxygen atoms in total. The predicted molar refractivity (Wildman–Crippen MR) is 97.4 cm³/mol. The van der Waals surface area contributed by atoms with E-state index < -0.39 is 11.9 Å². The van der Waals surface area contributed by atoms with Gasteiger partial charge in [0.15, 0.2) is 5.70 Å². The van der Waals surface area contributed by atoms with Crippen LogP contribution in [0.2, 0.25) is 0 Å². The molecular weight excluding hydrogens is 348 g/mol. The molecule has 140 valence electrons. The first kappa shape index (κ1) is 19.8. The molecule has 0 amide bonds. The van der Waals surface area contributed by atoms with E-state index in [2.05, 4.69) is 5.10 Å². The molecule has 2 aromatic rings. The Balaban J connectivity index is 2.34. The van der Waals surface area contributed by atoms with Crippen LogP contribution in [0, 0.1) is 0 Å². The Hall–Kier alpha value is -3.51. The zero-order valence-corrected chi connectivity index (χ0v) is 15.2. The first-order valence-corrected chi connectivity index (χ1v) is 8.40. The van der Waals surface area contributed by atoms with Gasteiger partial charge in [-0.3, -0.25) is 5.87 Å². The second kappa shape index (κ2) is 9.84. The van der Waals surface area contributed by atoms with Gasteiger partial charge in [0.25, 0.3) is 6.33 Å². The van der Waals surface area contributed by atoms with E-state index in [4.69, 9.17) is 9.47 Å². The summed E-state index contributed by atoms with van der Waals surface area (Å²) in [6.45, 7) is 4.06. The topological polar surface area (TPSA) is 96.6 Å². The molecule has 0 fully saturated rings. The van der Waals surface area contributed by atoms with E-state index in [1.54, 1.807) is 30.7 Å². The maximum Gasteiger partial charge on any atom is 0.370 e. The summed E-state index contributed by atoms with van der Waals surface area (Å²) in [4.78, 5) is 24.2. The fourth-order valence-electron chi connectivity index (χ4n) is 2.23. The second-order valence-corrected chi connectivity index (χ2v) is 5.33. The van der Waals surface area contributed by atoms with Crippen LogP contribution in [0.15, 0.2) is 54.6 Å². The van der Waals surface area contributed by atoms with Crippen LogP contribution in [0.5, 0.6) is 0 Å². The largest absolute Gasteiger partial charge is 0.763 e. The lowest BCUT2D eigenvalue weighted by molar-refractivity contribution is -0.579. The lowest BCUT2D eigenvalue weighted by Gasteiger charge is -2.06. The number of hydrogen-bond acceptors (Lipinski definition) is 5. The molecule has 0 saturated heterocycles. The molecule has 0 spiro atoms. The van der Waals surface area contributed by atoms with Crippen LogP contribution in [0.3, 0.4) is 0 Å². The van der Waals surface area contributed by atoms with Gasteiger partial charge >= 0.3 is 11.9 Å². The van der Waals surface area contributed by atoms with Gasteiger partial charge in [-0.05, 0) is 19.4 Å². The van der Waals surface area contributed by atoms with Crippen LogP contribution < -0.4 is 4.57 Å². The van der Waals surface area contributed by atoms with E-state index in [1.807, 2.05) is 30.3 Å². The highest BCUT2D eigenvalue weighted by molar-refractivity contribution is 6.11. The molecule has 1 aromatic heterocycles. The number of carbonyl (C=O) groups is 2. The monoisotopic (exact) mass is 368 g/mol. The normalized spacial score (nSPS) is 10.8. The van der Waals surface area contributed by atoms with Crippen LogP contribution in [0.25, 0.3) is 11.1 Å². The van der Waals surface area contributed by atoms with E-state index in [0.29, 0.717) is 6.54 Å². The SMILES string of the molecule is CCOC(=O)C(=C=[N-])/C=C(\C(=O)OCC)[n+]1cnn(Cc2ccccc2)c1. The second-order valence-electron chi connectivity index (χ2n) is 5.33. The predicted octanol–water partition coefficient (Wildman–Crippen LogP) is 1.35. The quantitative estimate of drug-likeness (QED) is 0.230. The van der Waals surface area contributed by atoms with Gasteiger partial charge in [-0.25, -0.2) is 9.59 Å². The first-order chi connectivity index (χ1) is 13.1. The smallest absolute Gasteiger partial charge is 0.370 e. The summed E-state index contributed by atoms with van der Waals surface area (Å²) in [5.41, 5.74) is 0.717. The van der Waals surface area contributed by atoms with Crippen LogP contribution in [-0.2, 0) is 25.6 Å². The fourth-order valence-corrected chi connectivity index (χ4v) is 2.23. The summed E-state index contributed by atoms with van der Waals surface area (Å²) < 4.78 is 12.9. The zero-order chi connectivity index (χ0) is 19.6. The molecule has 1 aromatic carbocycles. The van der Waals surface area contributed by atoms with Crippen molar-refractivity contribution in [3.8, 4) is 0 Å². The highest BCUT2D eigenvalue weighted by Crippen LogP contribution is 2.06. The minimum absolute atomic E-state index is 0.0132. The van der Waals surface area contributed by atoms with E-state index in [9.17, 15) is 15.0 Å². The summed E-state index contributed by atoms with van der Waals surface area (Å²) >= 11 is 0. The number of carbonyl (C=O) groups excluding carboxylic acids is 2. The molecule has 0 bridgehead atoms. The Bertz CT molecular complexity index is 880. The van der Waals surface area contributed by atoms with E-state index in [-0.39, 0.29) is 24.5 Å². The van der Waals surface area contributed by atoms with Gasteiger partial charge in [-0.1, -0.05) is 30.3 Å². The Morgan fingerprint density at radius 1 is 1.19 bits per heavy atom. The van der Waals surface area contributed by atoms with Crippen molar-refractivity contribution in [3.63, 3.8) is 0 Å². The number of ether oxygens (including phenoxy) is 2. The summed E-state index contributed by atoms with van der Waals surface area (Å²) in [6, 6.07) is 9.67. The summed E-state index contributed by atoms with van der Waals surface area (Å²) in [5.74, 6) is 0.260. The van der Waals surface area contributed by atoms with Crippen molar-refractivity contribution in [1.29, 1.82) is 0 Å². The van der Waals surface area contributed by atoms with Crippen LogP contribution >= 0.6 is 0 Å². The van der Waals surface area contributed by atoms with Crippen molar-refractivity contribution in [3.05, 3.63) is 65.6 Å². The molecule has 0 aliphatic heterocycles. The Morgan fingerprint density at radius 2 is 1.85 bits per heavy atom. The van der Waals surface area contributed by atoms with Crippen LogP contribution in [-0.4, -0.2) is 40.8 Å². The lowest BCUT2D eigenvalue weighted by Crippen LogP contribution is -2.35. The third kappa shape index (κ3) is 5.49. The maximum atomic E-state index is 12.3. The highest BCUT2D eigenvalue weighted by atomic mass is 16.5. The molecule has 0 radical (unpaired) electrons. The van der Waals surface area contributed by atoms with Gasteiger partial charge < -0.3 is 14.9 Å². The molecule has 0 aliphatic rings. The Morgan fingerprint density at radius 3 is 2.48 bits per heavy atom. The number of nitrogens with zero attached hydrogens (tertiary/aromatic N) is 4. The standard InChI is InChI=1S/C19H20N4O4/c1-3-26-18(24)16(11-20)10-17(19(25)27-4-2)22-13-21-23(14-22)12-15-8-6-5-7-9-15/h5-10,13-14H,3-4,12H2,1-2H3/b17-10+. The Labute approximate surface area is 156 Å². The van der Waals surface area contributed by atoms with Gasteiger partial charge in [0, 0.05) is 11.2 Å². The van der Waals surface area contributed by atoms with Gasteiger partial charge in [0.1, 0.15) is 6.54 Å². The minimum atomic E-state index is -0.806.